The van der Waals surface area contributed by atoms with E-state index in [9.17, 15) is 4.79 Å². The standard InChI is InChI=1S/C24H31NO2S/c1-17-21-9-7-5-6-8-20(21)16-28-13-12-19-14-18(10-11-22(19)25-17)15-27-23(26)24(2,3)4/h5-8,10-11,14,17,25H,9,12-13,15-16H2,1-4H3. The molecule has 1 heterocycles. The van der Waals surface area contributed by atoms with E-state index < -0.39 is 5.41 Å². The van der Waals surface area contributed by atoms with Crippen molar-refractivity contribution < 1.29 is 9.53 Å². The Balaban J connectivity index is 1.78. The van der Waals surface area contributed by atoms with Crippen LogP contribution in [0.15, 0.2) is 53.6 Å². The van der Waals surface area contributed by atoms with Gasteiger partial charge in [0.1, 0.15) is 6.61 Å². The number of thioether (sulfide) groups is 1. The molecule has 1 aliphatic carbocycles. The Morgan fingerprint density at radius 1 is 1.29 bits per heavy atom. The van der Waals surface area contributed by atoms with Gasteiger partial charge < -0.3 is 10.1 Å². The lowest BCUT2D eigenvalue weighted by Gasteiger charge is -2.24. The Morgan fingerprint density at radius 2 is 2.11 bits per heavy atom. The number of allylic oxidation sites excluding steroid dienone is 4. The van der Waals surface area contributed by atoms with Crippen molar-refractivity contribution in [3.8, 4) is 0 Å². The molecule has 28 heavy (non-hydrogen) atoms. The third-order valence-corrected chi connectivity index (χ3v) is 6.12. The normalized spacial score (nSPS) is 19.9. The summed E-state index contributed by atoms with van der Waals surface area (Å²) in [6.45, 7) is 8.22. The lowest BCUT2D eigenvalue weighted by Crippen LogP contribution is -2.23. The van der Waals surface area contributed by atoms with Crippen molar-refractivity contribution in [2.75, 3.05) is 16.8 Å². The molecule has 1 aliphatic heterocycles. The van der Waals surface area contributed by atoms with E-state index >= 15 is 0 Å². The minimum Gasteiger partial charge on any atom is -0.460 e. The zero-order valence-electron chi connectivity index (χ0n) is 17.4. The van der Waals surface area contributed by atoms with Crippen LogP contribution in [0.3, 0.4) is 0 Å². The van der Waals surface area contributed by atoms with Crippen LogP contribution in [0.2, 0.25) is 0 Å². The van der Waals surface area contributed by atoms with Crippen LogP contribution in [0.4, 0.5) is 5.69 Å². The summed E-state index contributed by atoms with van der Waals surface area (Å²) < 4.78 is 5.50. The van der Waals surface area contributed by atoms with E-state index in [0.29, 0.717) is 6.61 Å². The molecule has 1 atom stereocenters. The molecule has 0 aromatic heterocycles. The Labute approximate surface area is 173 Å². The molecular formula is C24H31NO2S. The predicted molar refractivity (Wildman–Crippen MR) is 120 cm³/mol. The van der Waals surface area contributed by atoms with Gasteiger partial charge in [-0.05, 0) is 74.6 Å². The molecule has 0 amide bonds. The van der Waals surface area contributed by atoms with Crippen molar-refractivity contribution in [3.05, 3.63) is 64.8 Å². The monoisotopic (exact) mass is 397 g/mol. The average Bonchev–Trinajstić information content (AvgIpc) is 2.89. The first-order chi connectivity index (χ1) is 13.3. The molecule has 3 nitrogen and oxygen atoms in total. The fourth-order valence-corrected chi connectivity index (χ4v) is 4.42. The first-order valence-corrected chi connectivity index (χ1v) is 11.2. The maximum atomic E-state index is 12.1. The molecule has 1 aromatic rings. The number of aryl methyl sites for hydroxylation is 1. The van der Waals surface area contributed by atoms with Crippen LogP contribution in [0.25, 0.3) is 0 Å². The number of fused-ring (bicyclic) bond motifs is 1. The van der Waals surface area contributed by atoms with Crippen molar-refractivity contribution in [2.24, 2.45) is 5.41 Å². The van der Waals surface area contributed by atoms with Crippen molar-refractivity contribution >= 4 is 23.4 Å². The molecule has 0 radical (unpaired) electrons. The Kier molecular flexibility index (Phi) is 6.71. The van der Waals surface area contributed by atoms with Crippen LogP contribution in [0, 0.1) is 5.41 Å². The number of anilines is 1. The summed E-state index contributed by atoms with van der Waals surface area (Å²) in [6.07, 6.45) is 10.8. The van der Waals surface area contributed by atoms with Crippen molar-refractivity contribution in [3.63, 3.8) is 0 Å². The molecule has 0 saturated carbocycles. The second-order valence-corrected chi connectivity index (χ2v) is 9.63. The first-order valence-electron chi connectivity index (χ1n) is 10.0. The smallest absolute Gasteiger partial charge is 0.311 e. The van der Waals surface area contributed by atoms with Gasteiger partial charge in [-0.1, -0.05) is 36.4 Å². The van der Waals surface area contributed by atoms with Gasteiger partial charge in [-0.2, -0.15) is 11.8 Å². The van der Waals surface area contributed by atoms with Crippen LogP contribution in [0.1, 0.15) is 45.2 Å². The van der Waals surface area contributed by atoms with Crippen molar-refractivity contribution in [1.29, 1.82) is 0 Å². The number of hydrogen-bond acceptors (Lipinski definition) is 4. The van der Waals surface area contributed by atoms with Crippen LogP contribution >= 0.6 is 11.8 Å². The molecule has 4 heteroatoms. The molecular weight excluding hydrogens is 366 g/mol. The molecule has 0 spiro atoms. The summed E-state index contributed by atoms with van der Waals surface area (Å²) in [5.74, 6) is 1.97. The van der Waals surface area contributed by atoms with Gasteiger partial charge in [0.2, 0.25) is 0 Å². The quantitative estimate of drug-likeness (QED) is 0.652. The molecule has 0 fully saturated rings. The Bertz CT molecular complexity index is 814. The summed E-state index contributed by atoms with van der Waals surface area (Å²) in [5, 5.41) is 3.73. The van der Waals surface area contributed by atoms with E-state index in [1.54, 1.807) is 0 Å². The molecule has 0 bridgehead atoms. The Hall–Kier alpha value is -1.94. The minimum atomic E-state index is -0.472. The van der Waals surface area contributed by atoms with Gasteiger partial charge in [0, 0.05) is 17.5 Å². The van der Waals surface area contributed by atoms with E-state index in [4.69, 9.17) is 4.74 Å². The highest BCUT2D eigenvalue weighted by molar-refractivity contribution is 7.99. The lowest BCUT2D eigenvalue weighted by molar-refractivity contribution is -0.154. The van der Waals surface area contributed by atoms with E-state index in [1.807, 2.05) is 32.5 Å². The number of hydrogen-bond donors (Lipinski definition) is 1. The van der Waals surface area contributed by atoms with E-state index in [0.717, 1.165) is 29.9 Å². The topological polar surface area (TPSA) is 38.3 Å². The SMILES string of the molecule is CC1Nc2ccc(COC(=O)C(C)(C)C)cc2CCSCC2=C1CC=CC=C2. The average molecular weight is 398 g/mol. The molecule has 2 aliphatic rings. The van der Waals surface area contributed by atoms with Crippen LogP contribution in [0.5, 0.6) is 0 Å². The summed E-state index contributed by atoms with van der Waals surface area (Å²) in [5.41, 5.74) is 5.98. The fraction of sp³-hybridized carbons (Fsp3) is 0.458. The number of carbonyl (C=O) groups excluding carboxylic acids is 1. The van der Waals surface area contributed by atoms with Crippen LogP contribution in [-0.4, -0.2) is 23.5 Å². The molecule has 1 aromatic carbocycles. The zero-order valence-corrected chi connectivity index (χ0v) is 18.2. The van der Waals surface area contributed by atoms with Gasteiger partial charge >= 0.3 is 5.97 Å². The second kappa shape index (κ2) is 9.04. The highest BCUT2D eigenvalue weighted by Gasteiger charge is 2.23. The minimum absolute atomic E-state index is 0.163. The maximum Gasteiger partial charge on any atom is 0.311 e. The molecule has 1 unspecified atom stereocenters. The number of benzene rings is 1. The predicted octanol–water partition coefficient (Wildman–Crippen LogP) is 5.68. The van der Waals surface area contributed by atoms with Crippen LogP contribution < -0.4 is 5.32 Å². The van der Waals surface area contributed by atoms with Crippen molar-refractivity contribution in [2.45, 2.75) is 53.2 Å². The van der Waals surface area contributed by atoms with Gasteiger partial charge in [-0.25, -0.2) is 0 Å². The van der Waals surface area contributed by atoms with Gasteiger partial charge in [0.25, 0.3) is 0 Å². The number of ether oxygens (including phenoxy) is 1. The number of carbonyl (C=O) groups is 1. The Morgan fingerprint density at radius 3 is 2.89 bits per heavy atom. The van der Waals surface area contributed by atoms with E-state index in [1.165, 1.54) is 22.4 Å². The summed E-state index contributed by atoms with van der Waals surface area (Å²) in [6, 6.07) is 6.68. The zero-order chi connectivity index (χ0) is 20.1. The van der Waals surface area contributed by atoms with Gasteiger partial charge in [0.05, 0.1) is 5.41 Å². The van der Waals surface area contributed by atoms with E-state index in [2.05, 4.69) is 54.7 Å². The highest BCUT2D eigenvalue weighted by atomic mass is 32.2. The van der Waals surface area contributed by atoms with Gasteiger partial charge in [-0.15, -0.1) is 0 Å². The highest BCUT2D eigenvalue weighted by Crippen LogP contribution is 2.29. The van der Waals surface area contributed by atoms with Gasteiger partial charge in [0.15, 0.2) is 0 Å². The lowest BCUT2D eigenvalue weighted by atomic mass is 9.97. The summed E-state index contributed by atoms with van der Waals surface area (Å²) in [7, 11) is 0. The van der Waals surface area contributed by atoms with E-state index in [-0.39, 0.29) is 12.0 Å². The number of nitrogens with one attached hydrogen (secondary N) is 1. The number of esters is 1. The third kappa shape index (κ3) is 5.32. The second-order valence-electron chi connectivity index (χ2n) is 8.53. The molecule has 3 rings (SSSR count). The molecule has 0 saturated heterocycles. The fourth-order valence-electron chi connectivity index (χ4n) is 3.41. The molecule has 1 N–H and O–H groups in total. The summed E-state index contributed by atoms with van der Waals surface area (Å²) >= 11 is 1.99. The maximum absolute atomic E-state index is 12.1. The van der Waals surface area contributed by atoms with Gasteiger partial charge in [-0.3, -0.25) is 4.79 Å². The van der Waals surface area contributed by atoms with Crippen molar-refractivity contribution in [1.82, 2.24) is 0 Å². The summed E-state index contributed by atoms with van der Waals surface area (Å²) in [4.78, 5) is 12.1. The largest absolute Gasteiger partial charge is 0.460 e. The molecule has 150 valence electrons. The first kappa shape index (κ1) is 20.8. The third-order valence-electron chi connectivity index (χ3n) is 5.11. The number of rotatable bonds is 2. The van der Waals surface area contributed by atoms with Crippen LogP contribution in [-0.2, 0) is 22.6 Å².